The van der Waals surface area contributed by atoms with Gasteiger partial charge >= 0.3 is 5.97 Å². The number of nitrogens with zero attached hydrogens (tertiary/aromatic N) is 1. The Morgan fingerprint density at radius 3 is 2.75 bits per heavy atom. The minimum Gasteiger partial charge on any atom is -0.470 e. The van der Waals surface area contributed by atoms with Crippen molar-refractivity contribution in [1.29, 1.82) is 5.26 Å². The second kappa shape index (κ2) is 8.33. The van der Waals surface area contributed by atoms with Gasteiger partial charge in [-0.25, -0.2) is 4.79 Å². The molecule has 1 heterocycles. The standard InChI is InChI=1S/C16H15N3O5/c17-7-4-8-18-13(21)10-24-16(22)14-12(20)9-23-15(14)19-11-5-2-1-3-6-11/h1-3,5-6,19H,4,8-10H2,(H,18,21). The number of anilines is 1. The number of benzene rings is 1. The van der Waals surface area contributed by atoms with Crippen LogP contribution in [0.15, 0.2) is 41.8 Å². The number of ether oxygens (including phenoxy) is 2. The second-order valence-corrected chi connectivity index (χ2v) is 4.74. The third kappa shape index (κ3) is 4.58. The van der Waals surface area contributed by atoms with Crippen LogP contribution in [0.2, 0.25) is 0 Å². The first kappa shape index (κ1) is 17.0. The number of hydrogen-bond donors (Lipinski definition) is 2. The van der Waals surface area contributed by atoms with Crippen LogP contribution in [0, 0.1) is 11.3 Å². The van der Waals surface area contributed by atoms with E-state index >= 15 is 0 Å². The normalized spacial score (nSPS) is 13.0. The summed E-state index contributed by atoms with van der Waals surface area (Å²) in [6.07, 6.45) is 0.155. The molecule has 0 atom stereocenters. The predicted octanol–water partition coefficient (Wildman–Crippen LogP) is 0.482. The predicted molar refractivity (Wildman–Crippen MR) is 82.2 cm³/mol. The average molecular weight is 329 g/mol. The van der Waals surface area contributed by atoms with Crippen molar-refractivity contribution < 1.29 is 23.9 Å². The number of carbonyl (C=O) groups is 3. The summed E-state index contributed by atoms with van der Waals surface area (Å²) in [5, 5.41) is 13.6. The van der Waals surface area contributed by atoms with Crippen molar-refractivity contribution in [1.82, 2.24) is 5.32 Å². The number of ketones is 1. The maximum Gasteiger partial charge on any atom is 0.347 e. The van der Waals surface area contributed by atoms with E-state index in [2.05, 4.69) is 10.6 Å². The molecule has 1 aliphatic heterocycles. The van der Waals surface area contributed by atoms with Crippen molar-refractivity contribution >= 4 is 23.3 Å². The van der Waals surface area contributed by atoms with Crippen LogP contribution in [-0.2, 0) is 23.9 Å². The van der Waals surface area contributed by atoms with Gasteiger partial charge in [0.05, 0.1) is 12.5 Å². The fourth-order valence-corrected chi connectivity index (χ4v) is 1.88. The van der Waals surface area contributed by atoms with Crippen molar-refractivity contribution in [3.05, 3.63) is 41.8 Å². The summed E-state index contributed by atoms with van der Waals surface area (Å²) in [6, 6.07) is 10.7. The van der Waals surface area contributed by atoms with Crippen LogP contribution >= 0.6 is 0 Å². The highest BCUT2D eigenvalue weighted by atomic mass is 16.5. The molecule has 1 amide bonds. The summed E-state index contributed by atoms with van der Waals surface area (Å²) in [6.45, 7) is -0.647. The highest BCUT2D eigenvalue weighted by Gasteiger charge is 2.32. The molecule has 0 aromatic heterocycles. The van der Waals surface area contributed by atoms with Crippen LogP contribution < -0.4 is 10.6 Å². The lowest BCUT2D eigenvalue weighted by Gasteiger charge is -2.09. The largest absolute Gasteiger partial charge is 0.470 e. The first-order valence-corrected chi connectivity index (χ1v) is 7.15. The van der Waals surface area contributed by atoms with Crippen molar-refractivity contribution in [3.8, 4) is 6.07 Å². The molecule has 24 heavy (non-hydrogen) atoms. The molecule has 8 heteroatoms. The summed E-state index contributed by atoms with van der Waals surface area (Å²) >= 11 is 0. The van der Waals surface area contributed by atoms with E-state index in [0.29, 0.717) is 5.69 Å². The number of hydrogen-bond acceptors (Lipinski definition) is 7. The maximum atomic E-state index is 12.0. The van der Waals surface area contributed by atoms with E-state index in [1.54, 1.807) is 24.3 Å². The molecule has 2 N–H and O–H groups in total. The van der Waals surface area contributed by atoms with Crippen LogP contribution in [0.5, 0.6) is 0 Å². The molecule has 1 aromatic rings. The number of para-hydroxylation sites is 1. The Morgan fingerprint density at radius 2 is 2.04 bits per heavy atom. The smallest absolute Gasteiger partial charge is 0.347 e. The van der Waals surface area contributed by atoms with Crippen LogP contribution in [0.25, 0.3) is 0 Å². The molecule has 0 radical (unpaired) electrons. The number of nitrogens with one attached hydrogen (secondary N) is 2. The fraction of sp³-hybridized carbons (Fsp3) is 0.250. The minimum atomic E-state index is -0.939. The average Bonchev–Trinajstić information content (AvgIpc) is 2.94. The molecule has 0 bridgehead atoms. The van der Waals surface area contributed by atoms with Gasteiger partial charge in [0, 0.05) is 12.2 Å². The van der Waals surface area contributed by atoms with Gasteiger partial charge in [-0.2, -0.15) is 5.26 Å². The first-order chi connectivity index (χ1) is 11.6. The van der Waals surface area contributed by atoms with Gasteiger partial charge in [0.2, 0.25) is 11.7 Å². The van der Waals surface area contributed by atoms with Gasteiger partial charge < -0.3 is 20.1 Å². The van der Waals surface area contributed by atoms with Crippen LogP contribution in [0.4, 0.5) is 5.69 Å². The van der Waals surface area contributed by atoms with Crippen molar-refractivity contribution in [2.75, 3.05) is 25.1 Å². The highest BCUT2D eigenvalue weighted by molar-refractivity contribution is 6.20. The molecule has 0 saturated heterocycles. The number of carbonyl (C=O) groups excluding carboxylic acids is 3. The Labute approximate surface area is 138 Å². The van der Waals surface area contributed by atoms with E-state index < -0.39 is 24.3 Å². The molecule has 0 unspecified atom stereocenters. The van der Waals surface area contributed by atoms with Crippen LogP contribution in [0.1, 0.15) is 6.42 Å². The molecule has 8 nitrogen and oxygen atoms in total. The molecule has 0 aliphatic carbocycles. The van der Waals surface area contributed by atoms with Gasteiger partial charge in [0.1, 0.15) is 0 Å². The number of nitriles is 1. The summed E-state index contributed by atoms with van der Waals surface area (Å²) in [7, 11) is 0. The molecule has 2 rings (SSSR count). The minimum absolute atomic E-state index is 0.00101. The summed E-state index contributed by atoms with van der Waals surface area (Å²) in [5.41, 5.74) is 0.380. The van der Waals surface area contributed by atoms with Gasteiger partial charge in [-0.1, -0.05) is 18.2 Å². The number of rotatable bonds is 7. The topological polar surface area (TPSA) is 118 Å². The molecule has 1 aliphatic rings. The monoisotopic (exact) mass is 329 g/mol. The van der Waals surface area contributed by atoms with Gasteiger partial charge in [-0.05, 0) is 12.1 Å². The zero-order valence-electron chi connectivity index (χ0n) is 12.7. The van der Waals surface area contributed by atoms with Gasteiger partial charge in [0.15, 0.2) is 18.8 Å². The van der Waals surface area contributed by atoms with E-state index in [4.69, 9.17) is 14.7 Å². The second-order valence-electron chi connectivity index (χ2n) is 4.74. The Bertz CT molecular complexity index is 706. The zero-order valence-corrected chi connectivity index (χ0v) is 12.7. The van der Waals surface area contributed by atoms with E-state index in [1.165, 1.54) is 0 Å². The quantitative estimate of drug-likeness (QED) is 0.424. The maximum absolute atomic E-state index is 12.0. The molecule has 0 saturated carbocycles. The van der Waals surface area contributed by atoms with Crippen molar-refractivity contribution in [3.63, 3.8) is 0 Å². The third-order valence-corrected chi connectivity index (χ3v) is 2.98. The molecule has 124 valence electrons. The van der Waals surface area contributed by atoms with Gasteiger partial charge in [0.25, 0.3) is 5.91 Å². The van der Waals surface area contributed by atoms with Crippen LogP contribution in [0.3, 0.4) is 0 Å². The number of amides is 1. The summed E-state index contributed by atoms with van der Waals surface area (Å²) in [4.78, 5) is 35.3. The highest BCUT2D eigenvalue weighted by Crippen LogP contribution is 2.20. The number of Topliss-reactive ketones (excluding diaryl/α,β-unsaturated/α-hetero) is 1. The van der Waals surface area contributed by atoms with E-state index in [-0.39, 0.29) is 31.0 Å². The molecular weight excluding hydrogens is 314 g/mol. The van der Waals surface area contributed by atoms with Gasteiger partial charge in [-0.15, -0.1) is 0 Å². The Balaban J connectivity index is 1.97. The molecule has 0 fully saturated rings. The third-order valence-electron chi connectivity index (χ3n) is 2.98. The van der Waals surface area contributed by atoms with E-state index in [9.17, 15) is 14.4 Å². The van der Waals surface area contributed by atoms with Gasteiger partial charge in [-0.3, -0.25) is 9.59 Å². The fourth-order valence-electron chi connectivity index (χ4n) is 1.88. The van der Waals surface area contributed by atoms with Crippen molar-refractivity contribution in [2.45, 2.75) is 6.42 Å². The van der Waals surface area contributed by atoms with E-state index in [1.807, 2.05) is 12.1 Å². The zero-order chi connectivity index (χ0) is 17.4. The molecular formula is C16H15N3O5. The van der Waals surface area contributed by atoms with Crippen molar-refractivity contribution in [2.24, 2.45) is 0 Å². The lowest BCUT2D eigenvalue weighted by Crippen LogP contribution is -2.30. The lowest BCUT2D eigenvalue weighted by molar-refractivity contribution is -0.145. The SMILES string of the molecule is N#CCCNC(=O)COC(=O)C1=C(Nc2ccccc2)OCC1=O. The van der Waals surface area contributed by atoms with E-state index in [0.717, 1.165) is 0 Å². The molecule has 0 spiro atoms. The Kier molecular flexibility index (Phi) is 5.91. The summed E-state index contributed by atoms with van der Waals surface area (Å²) < 4.78 is 9.99. The molecule has 1 aromatic carbocycles. The Morgan fingerprint density at radius 1 is 1.29 bits per heavy atom. The van der Waals surface area contributed by atoms with Crippen LogP contribution in [-0.4, -0.2) is 37.4 Å². The first-order valence-electron chi connectivity index (χ1n) is 7.15. The summed E-state index contributed by atoms with van der Waals surface area (Å²) in [5.74, 6) is -2.01. The Hall–Kier alpha value is -3.34. The number of esters is 1. The lowest BCUT2D eigenvalue weighted by atomic mass is 10.2.